The number of nitrogens with zero attached hydrogens (tertiary/aromatic N) is 2. The number of nitrogen functional groups attached to an aromatic ring is 1. The van der Waals surface area contributed by atoms with E-state index in [1.54, 1.807) is 17.7 Å². The monoisotopic (exact) mass is 422 g/mol. The Morgan fingerprint density at radius 3 is 2.75 bits per heavy atom. The van der Waals surface area contributed by atoms with Crippen LogP contribution in [0.2, 0.25) is 5.02 Å². The van der Waals surface area contributed by atoms with Crippen LogP contribution in [0.3, 0.4) is 0 Å². The molecule has 0 aliphatic rings. The van der Waals surface area contributed by atoms with Crippen molar-refractivity contribution in [2.45, 2.75) is 0 Å². The standard InChI is InChI=1S/C16H12BrClN4OS/c17-12-6-7-13(18)15(23-10-4-2-1-3-5-10)11(12)8-20-22-16-21-14(19)9-24-16/h1-9H,19H2,(H,21,22). The summed E-state index contributed by atoms with van der Waals surface area (Å²) in [6.45, 7) is 0. The van der Waals surface area contributed by atoms with Gasteiger partial charge in [-0.3, -0.25) is 5.43 Å². The van der Waals surface area contributed by atoms with Crippen molar-refractivity contribution in [3.63, 3.8) is 0 Å². The highest BCUT2D eigenvalue weighted by atomic mass is 79.9. The summed E-state index contributed by atoms with van der Waals surface area (Å²) >= 11 is 11.2. The molecule has 0 unspecified atom stereocenters. The molecule has 1 heterocycles. The molecule has 24 heavy (non-hydrogen) atoms. The fraction of sp³-hybridized carbons (Fsp3) is 0. The Balaban J connectivity index is 1.87. The maximum atomic E-state index is 6.30. The first-order valence-electron chi connectivity index (χ1n) is 6.84. The van der Waals surface area contributed by atoms with Gasteiger partial charge < -0.3 is 10.5 Å². The quantitative estimate of drug-likeness (QED) is 0.427. The lowest BCUT2D eigenvalue weighted by Crippen LogP contribution is -1.96. The van der Waals surface area contributed by atoms with Crippen LogP contribution < -0.4 is 15.9 Å². The normalized spacial score (nSPS) is 10.9. The average Bonchev–Trinajstić information content (AvgIpc) is 3.00. The van der Waals surface area contributed by atoms with Gasteiger partial charge in [-0.1, -0.05) is 29.8 Å². The third-order valence-electron chi connectivity index (χ3n) is 2.93. The van der Waals surface area contributed by atoms with Crippen molar-refractivity contribution in [2.24, 2.45) is 5.10 Å². The van der Waals surface area contributed by atoms with Crippen molar-refractivity contribution in [1.29, 1.82) is 0 Å². The number of benzene rings is 2. The van der Waals surface area contributed by atoms with Crippen LogP contribution in [0.4, 0.5) is 10.9 Å². The Hall–Kier alpha value is -2.09. The number of anilines is 2. The number of ether oxygens (including phenoxy) is 1. The minimum absolute atomic E-state index is 0.453. The molecule has 0 fully saturated rings. The van der Waals surface area contributed by atoms with E-state index in [4.69, 9.17) is 22.1 Å². The van der Waals surface area contributed by atoms with E-state index in [9.17, 15) is 0 Å². The molecule has 3 N–H and O–H groups in total. The van der Waals surface area contributed by atoms with Gasteiger partial charge in [-0.15, -0.1) is 11.3 Å². The Morgan fingerprint density at radius 2 is 2.04 bits per heavy atom. The Bertz CT molecular complexity index is 870. The fourth-order valence-corrected chi connectivity index (χ4v) is 3.04. The lowest BCUT2D eigenvalue weighted by Gasteiger charge is -2.12. The van der Waals surface area contributed by atoms with E-state index in [0.717, 1.165) is 4.47 Å². The van der Waals surface area contributed by atoms with Crippen LogP contribution in [0.25, 0.3) is 0 Å². The number of nitrogens with two attached hydrogens (primary N) is 1. The molecule has 0 aliphatic heterocycles. The molecule has 0 bridgehead atoms. The maximum absolute atomic E-state index is 6.30. The highest BCUT2D eigenvalue weighted by molar-refractivity contribution is 9.10. The van der Waals surface area contributed by atoms with Crippen molar-refractivity contribution in [3.05, 3.63) is 62.9 Å². The molecule has 0 radical (unpaired) electrons. The van der Waals surface area contributed by atoms with E-state index in [0.29, 0.717) is 33.0 Å². The van der Waals surface area contributed by atoms with E-state index in [1.165, 1.54) is 11.3 Å². The molecule has 5 nitrogen and oxygen atoms in total. The van der Waals surface area contributed by atoms with Gasteiger partial charge >= 0.3 is 0 Å². The lowest BCUT2D eigenvalue weighted by molar-refractivity contribution is 0.482. The molecule has 0 aliphatic carbocycles. The van der Waals surface area contributed by atoms with Crippen LogP contribution in [0, 0.1) is 0 Å². The zero-order chi connectivity index (χ0) is 16.9. The molecule has 0 saturated carbocycles. The molecule has 3 rings (SSSR count). The van der Waals surface area contributed by atoms with Crippen LogP contribution in [0.5, 0.6) is 11.5 Å². The highest BCUT2D eigenvalue weighted by Gasteiger charge is 2.12. The van der Waals surface area contributed by atoms with Crippen LogP contribution >= 0.6 is 38.9 Å². The number of hydrogen-bond donors (Lipinski definition) is 2. The van der Waals surface area contributed by atoms with Gasteiger partial charge in [-0.25, -0.2) is 4.98 Å². The van der Waals surface area contributed by atoms with Crippen LogP contribution in [-0.2, 0) is 0 Å². The molecule has 0 amide bonds. The zero-order valence-corrected chi connectivity index (χ0v) is 15.4. The first kappa shape index (κ1) is 16.8. The van der Waals surface area contributed by atoms with Crippen molar-refractivity contribution < 1.29 is 4.74 Å². The van der Waals surface area contributed by atoms with Gasteiger partial charge in [0.15, 0.2) is 5.75 Å². The average molecular weight is 424 g/mol. The summed E-state index contributed by atoms with van der Waals surface area (Å²) in [4.78, 5) is 4.07. The van der Waals surface area contributed by atoms with E-state index in [2.05, 4.69) is 31.4 Å². The number of nitrogens with one attached hydrogen (secondary N) is 1. The number of thiazole rings is 1. The van der Waals surface area contributed by atoms with E-state index < -0.39 is 0 Å². The summed E-state index contributed by atoms with van der Waals surface area (Å²) in [6.07, 6.45) is 1.62. The molecule has 122 valence electrons. The minimum atomic E-state index is 0.453. The predicted octanol–water partition coefficient (Wildman–Crippen LogP) is 5.38. The third kappa shape index (κ3) is 4.05. The second kappa shape index (κ2) is 7.65. The SMILES string of the molecule is Nc1csc(NN=Cc2c(Br)ccc(Cl)c2Oc2ccccc2)n1. The molecule has 8 heteroatoms. The number of aromatic nitrogens is 1. The second-order valence-corrected chi connectivity index (χ2v) is 6.75. The minimum Gasteiger partial charge on any atom is -0.455 e. The molecule has 3 aromatic rings. The van der Waals surface area contributed by atoms with E-state index >= 15 is 0 Å². The number of rotatable bonds is 5. The molecule has 2 aromatic carbocycles. The van der Waals surface area contributed by atoms with Crippen molar-refractivity contribution in [2.75, 3.05) is 11.2 Å². The molecular weight excluding hydrogens is 412 g/mol. The summed E-state index contributed by atoms with van der Waals surface area (Å²) in [5.41, 5.74) is 9.12. The van der Waals surface area contributed by atoms with Gasteiger partial charge in [0, 0.05) is 9.85 Å². The largest absolute Gasteiger partial charge is 0.455 e. The third-order valence-corrected chi connectivity index (χ3v) is 4.69. The molecule has 0 saturated heterocycles. The zero-order valence-electron chi connectivity index (χ0n) is 12.2. The molecule has 0 atom stereocenters. The van der Waals surface area contributed by atoms with Crippen LogP contribution in [0.15, 0.2) is 57.4 Å². The lowest BCUT2D eigenvalue weighted by atomic mass is 10.2. The van der Waals surface area contributed by atoms with Crippen LogP contribution in [-0.4, -0.2) is 11.2 Å². The maximum Gasteiger partial charge on any atom is 0.205 e. The summed E-state index contributed by atoms with van der Waals surface area (Å²) in [7, 11) is 0. The number of hydrazone groups is 1. The van der Waals surface area contributed by atoms with Gasteiger partial charge in [0.05, 0.1) is 16.8 Å². The van der Waals surface area contributed by atoms with Crippen molar-refractivity contribution >= 4 is 56.0 Å². The van der Waals surface area contributed by atoms with Crippen molar-refractivity contribution in [3.8, 4) is 11.5 Å². The summed E-state index contributed by atoms with van der Waals surface area (Å²) in [5, 5.41) is 7.00. The second-order valence-electron chi connectivity index (χ2n) is 4.63. The first-order valence-corrected chi connectivity index (χ1v) is 8.89. The predicted molar refractivity (Wildman–Crippen MR) is 103 cm³/mol. The topological polar surface area (TPSA) is 72.5 Å². The Morgan fingerprint density at radius 1 is 1.25 bits per heavy atom. The summed E-state index contributed by atoms with van der Waals surface area (Å²) in [5.74, 6) is 1.66. The molecule has 1 aromatic heterocycles. The summed E-state index contributed by atoms with van der Waals surface area (Å²) < 4.78 is 6.72. The summed E-state index contributed by atoms with van der Waals surface area (Å²) in [6, 6.07) is 13.0. The number of hydrogen-bond acceptors (Lipinski definition) is 6. The van der Waals surface area contributed by atoms with E-state index in [1.807, 2.05) is 36.4 Å². The first-order chi connectivity index (χ1) is 11.6. The smallest absolute Gasteiger partial charge is 0.205 e. The molecule has 0 spiro atoms. The van der Waals surface area contributed by atoms with Gasteiger partial charge in [-0.2, -0.15) is 5.10 Å². The Labute approximate surface area is 156 Å². The van der Waals surface area contributed by atoms with Gasteiger partial charge in [-0.05, 0) is 40.2 Å². The van der Waals surface area contributed by atoms with Gasteiger partial charge in [0.1, 0.15) is 11.6 Å². The van der Waals surface area contributed by atoms with Crippen LogP contribution in [0.1, 0.15) is 5.56 Å². The Kier molecular flexibility index (Phi) is 5.34. The number of para-hydroxylation sites is 1. The van der Waals surface area contributed by atoms with E-state index in [-0.39, 0.29) is 0 Å². The van der Waals surface area contributed by atoms with Gasteiger partial charge in [0.25, 0.3) is 0 Å². The van der Waals surface area contributed by atoms with Crippen molar-refractivity contribution in [1.82, 2.24) is 4.98 Å². The number of halogens is 2. The van der Waals surface area contributed by atoms with Gasteiger partial charge in [0.2, 0.25) is 5.13 Å². The fourth-order valence-electron chi connectivity index (χ4n) is 1.87. The molecular formula is C16H12BrClN4OS. The highest BCUT2D eigenvalue weighted by Crippen LogP contribution is 2.36.